The summed E-state index contributed by atoms with van der Waals surface area (Å²) in [6.07, 6.45) is 0.725. The minimum atomic E-state index is -0.429. The SMILES string of the molecule is CCOCC(O)CN1CC2C[C@H](C1)Cn1c2cccc1=O. The summed E-state index contributed by atoms with van der Waals surface area (Å²) in [6, 6.07) is 5.58. The standard InChI is InChI=1S/C16H24N2O3/c1-2-21-11-14(19)10-17-7-12-6-13(9-17)15-4-3-5-16(20)18(15)8-12/h3-5,12-14,19H,2,6-11H2,1H3/t12-,13?,14?/m1/s1. The minimum absolute atomic E-state index is 0.118. The molecule has 0 amide bonds. The molecule has 116 valence electrons. The molecule has 21 heavy (non-hydrogen) atoms. The van der Waals surface area contributed by atoms with Crippen molar-refractivity contribution >= 4 is 0 Å². The van der Waals surface area contributed by atoms with E-state index in [2.05, 4.69) is 11.0 Å². The minimum Gasteiger partial charge on any atom is -0.389 e. The second-order valence-electron chi connectivity index (χ2n) is 6.23. The number of aliphatic hydroxyl groups excluding tert-OH is 1. The van der Waals surface area contributed by atoms with E-state index < -0.39 is 6.10 Å². The molecule has 0 spiro atoms. The molecule has 3 rings (SSSR count). The summed E-state index contributed by atoms with van der Waals surface area (Å²) in [6.45, 7) is 6.32. The van der Waals surface area contributed by atoms with Crippen LogP contribution in [0.25, 0.3) is 0 Å². The van der Waals surface area contributed by atoms with Crippen molar-refractivity contribution in [3.8, 4) is 0 Å². The third-order valence-electron chi connectivity index (χ3n) is 4.54. The number of β-amino-alcohol motifs (C(OH)–C–C–N with tert-alkyl or cyclic N) is 1. The molecule has 0 aromatic carbocycles. The molecule has 0 radical (unpaired) electrons. The topological polar surface area (TPSA) is 54.7 Å². The van der Waals surface area contributed by atoms with Gasteiger partial charge in [0.2, 0.25) is 0 Å². The van der Waals surface area contributed by atoms with Gasteiger partial charge in [-0.3, -0.25) is 9.69 Å². The molecule has 1 saturated heterocycles. The van der Waals surface area contributed by atoms with Gasteiger partial charge in [-0.1, -0.05) is 6.07 Å². The van der Waals surface area contributed by atoms with Crippen LogP contribution in [0.3, 0.4) is 0 Å². The van der Waals surface area contributed by atoms with Gasteiger partial charge in [0.25, 0.3) is 5.56 Å². The first-order chi connectivity index (χ1) is 10.2. The molecule has 2 unspecified atom stereocenters. The van der Waals surface area contributed by atoms with Crippen molar-refractivity contribution in [1.29, 1.82) is 0 Å². The number of aromatic nitrogens is 1. The maximum atomic E-state index is 12.0. The average Bonchev–Trinajstić information content (AvgIpc) is 2.46. The van der Waals surface area contributed by atoms with E-state index in [1.54, 1.807) is 6.07 Å². The van der Waals surface area contributed by atoms with E-state index in [0.29, 0.717) is 31.6 Å². The Kier molecular flexibility index (Phi) is 4.42. The monoisotopic (exact) mass is 292 g/mol. The molecule has 1 fully saturated rings. The Morgan fingerprint density at radius 2 is 2.24 bits per heavy atom. The smallest absolute Gasteiger partial charge is 0.250 e. The van der Waals surface area contributed by atoms with E-state index in [4.69, 9.17) is 4.74 Å². The number of rotatable bonds is 5. The van der Waals surface area contributed by atoms with Gasteiger partial charge in [0.15, 0.2) is 0 Å². The molecule has 2 bridgehead atoms. The molecule has 3 heterocycles. The third-order valence-corrected chi connectivity index (χ3v) is 4.54. The zero-order valence-electron chi connectivity index (χ0n) is 12.6. The van der Waals surface area contributed by atoms with Crippen molar-refractivity contribution in [3.05, 3.63) is 34.2 Å². The Morgan fingerprint density at radius 1 is 1.38 bits per heavy atom. The van der Waals surface area contributed by atoms with Crippen LogP contribution in [0.4, 0.5) is 0 Å². The van der Waals surface area contributed by atoms with Crippen molar-refractivity contribution in [1.82, 2.24) is 9.47 Å². The molecule has 1 aromatic rings. The lowest BCUT2D eigenvalue weighted by Gasteiger charge is -2.43. The van der Waals surface area contributed by atoms with E-state index in [1.165, 1.54) is 0 Å². The van der Waals surface area contributed by atoms with Crippen LogP contribution in [0.2, 0.25) is 0 Å². The van der Waals surface area contributed by atoms with Gasteiger partial charge in [-0.2, -0.15) is 0 Å². The summed E-state index contributed by atoms with van der Waals surface area (Å²) in [7, 11) is 0. The number of nitrogens with zero attached hydrogens (tertiary/aromatic N) is 2. The molecule has 3 atom stereocenters. The van der Waals surface area contributed by atoms with E-state index in [-0.39, 0.29) is 5.56 Å². The largest absolute Gasteiger partial charge is 0.389 e. The van der Waals surface area contributed by atoms with Crippen LogP contribution in [0.15, 0.2) is 23.0 Å². The van der Waals surface area contributed by atoms with Crippen molar-refractivity contribution in [2.24, 2.45) is 5.92 Å². The van der Waals surface area contributed by atoms with Gasteiger partial charge in [0.1, 0.15) is 0 Å². The maximum Gasteiger partial charge on any atom is 0.250 e. The number of aliphatic hydroxyl groups is 1. The molecule has 5 nitrogen and oxygen atoms in total. The highest BCUT2D eigenvalue weighted by Gasteiger charge is 2.34. The molecule has 0 saturated carbocycles. The Hall–Kier alpha value is -1.17. The summed E-state index contributed by atoms with van der Waals surface area (Å²) in [5.74, 6) is 0.918. The first kappa shape index (κ1) is 14.8. The van der Waals surface area contributed by atoms with Gasteiger partial charge >= 0.3 is 0 Å². The predicted molar refractivity (Wildman–Crippen MR) is 80.5 cm³/mol. The van der Waals surface area contributed by atoms with Gasteiger partial charge < -0.3 is 14.4 Å². The molecule has 2 aliphatic rings. The molecule has 1 N–H and O–H groups in total. The lowest BCUT2D eigenvalue weighted by Crippen LogP contribution is -2.49. The quantitative estimate of drug-likeness (QED) is 0.866. The third kappa shape index (κ3) is 3.20. The van der Waals surface area contributed by atoms with Crippen LogP contribution >= 0.6 is 0 Å². The van der Waals surface area contributed by atoms with E-state index in [9.17, 15) is 9.90 Å². The Morgan fingerprint density at radius 3 is 3.05 bits per heavy atom. The lowest BCUT2D eigenvalue weighted by atomic mass is 9.83. The van der Waals surface area contributed by atoms with Crippen molar-refractivity contribution in [2.75, 3.05) is 32.8 Å². The van der Waals surface area contributed by atoms with Gasteiger partial charge in [-0.15, -0.1) is 0 Å². The van der Waals surface area contributed by atoms with Crippen LogP contribution in [-0.2, 0) is 11.3 Å². The van der Waals surface area contributed by atoms with E-state index in [0.717, 1.165) is 31.7 Å². The second-order valence-corrected chi connectivity index (χ2v) is 6.23. The molecule has 0 aliphatic carbocycles. The highest BCUT2D eigenvalue weighted by molar-refractivity contribution is 5.16. The van der Waals surface area contributed by atoms with Gasteiger partial charge in [0, 0.05) is 50.5 Å². The number of likely N-dealkylation sites (tertiary alicyclic amines) is 1. The number of piperidine rings is 1. The predicted octanol–water partition coefficient (Wildman–Crippen LogP) is 0.665. The van der Waals surface area contributed by atoms with Crippen LogP contribution in [0, 0.1) is 5.92 Å². The highest BCUT2D eigenvalue weighted by Crippen LogP contribution is 2.34. The average molecular weight is 292 g/mol. The van der Waals surface area contributed by atoms with Crippen LogP contribution in [-0.4, -0.2) is 53.5 Å². The van der Waals surface area contributed by atoms with Crippen molar-refractivity contribution < 1.29 is 9.84 Å². The van der Waals surface area contributed by atoms with Gasteiger partial charge in [0.05, 0.1) is 12.7 Å². The summed E-state index contributed by atoms with van der Waals surface area (Å²) >= 11 is 0. The second kappa shape index (κ2) is 6.30. The molecule has 1 aromatic heterocycles. The van der Waals surface area contributed by atoms with Crippen LogP contribution in [0.1, 0.15) is 25.0 Å². The highest BCUT2D eigenvalue weighted by atomic mass is 16.5. The number of ether oxygens (including phenoxy) is 1. The molecule has 5 heteroatoms. The van der Waals surface area contributed by atoms with E-state index in [1.807, 2.05) is 17.6 Å². The van der Waals surface area contributed by atoms with Crippen molar-refractivity contribution in [2.45, 2.75) is 31.9 Å². The fourth-order valence-corrected chi connectivity index (χ4v) is 3.75. The first-order valence-electron chi connectivity index (χ1n) is 7.85. The van der Waals surface area contributed by atoms with Crippen LogP contribution in [0.5, 0.6) is 0 Å². The zero-order valence-corrected chi connectivity index (χ0v) is 12.6. The molecular formula is C16H24N2O3. The van der Waals surface area contributed by atoms with Crippen LogP contribution < -0.4 is 5.56 Å². The number of pyridine rings is 1. The lowest BCUT2D eigenvalue weighted by molar-refractivity contribution is 0.00625. The Labute approximate surface area is 125 Å². The summed E-state index contributed by atoms with van der Waals surface area (Å²) in [5, 5.41) is 10.0. The summed E-state index contributed by atoms with van der Waals surface area (Å²) in [5.41, 5.74) is 1.27. The maximum absolute atomic E-state index is 12.0. The molecular weight excluding hydrogens is 268 g/mol. The van der Waals surface area contributed by atoms with Crippen molar-refractivity contribution in [3.63, 3.8) is 0 Å². The number of hydrogen-bond acceptors (Lipinski definition) is 4. The number of fused-ring (bicyclic) bond motifs is 4. The molecule has 2 aliphatic heterocycles. The van der Waals surface area contributed by atoms with E-state index >= 15 is 0 Å². The zero-order chi connectivity index (χ0) is 14.8. The fraction of sp³-hybridized carbons (Fsp3) is 0.688. The first-order valence-corrected chi connectivity index (χ1v) is 7.85. The summed E-state index contributed by atoms with van der Waals surface area (Å²) < 4.78 is 7.22. The Balaban J connectivity index is 1.69. The Bertz CT molecular complexity index is 543. The summed E-state index contributed by atoms with van der Waals surface area (Å²) in [4.78, 5) is 14.3. The number of hydrogen-bond donors (Lipinski definition) is 1. The normalized spacial score (nSPS) is 26.4. The van der Waals surface area contributed by atoms with Gasteiger partial charge in [-0.05, 0) is 25.3 Å². The fourth-order valence-electron chi connectivity index (χ4n) is 3.75. The van der Waals surface area contributed by atoms with Gasteiger partial charge in [-0.25, -0.2) is 0 Å².